The molecule has 0 atom stereocenters. The van der Waals surface area contributed by atoms with Gasteiger partial charge in [0.1, 0.15) is 11.5 Å². The molecule has 0 fully saturated rings. The van der Waals surface area contributed by atoms with Gasteiger partial charge in [-0.1, -0.05) is 6.08 Å². The third kappa shape index (κ3) is 7.29. The van der Waals surface area contributed by atoms with E-state index < -0.39 is 63.7 Å². The van der Waals surface area contributed by atoms with Crippen molar-refractivity contribution in [3.63, 3.8) is 0 Å². The Bertz CT molecular complexity index is 1580. The molecule has 0 aliphatic carbocycles. The van der Waals surface area contributed by atoms with Crippen LogP contribution >= 0.6 is 0 Å². The number of fused-ring (bicyclic) bond motifs is 2. The first-order chi connectivity index (χ1) is 21.1. The summed E-state index contributed by atoms with van der Waals surface area (Å²) >= 11 is 0. The van der Waals surface area contributed by atoms with Crippen molar-refractivity contribution < 1.29 is 64.5 Å². The lowest BCUT2D eigenvalue weighted by molar-refractivity contribution is -0.139. The number of carbonyl (C=O) groups is 4. The van der Waals surface area contributed by atoms with Crippen molar-refractivity contribution >= 4 is 29.3 Å². The highest BCUT2D eigenvalue weighted by molar-refractivity contribution is 6.04. The third-order valence-electron chi connectivity index (χ3n) is 7.08. The number of benzene rings is 2. The van der Waals surface area contributed by atoms with Gasteiger partial charge in [0.25, 0.3) is 5.91 Å². The zero-order valence-electron chi connectivity index (χ0n) is 25.7. The number of carbonyl (C=O) groups excluding carboxylic acids is 4. The SMILES string of the molecule is C=CCCN1C(=O)C(C)(C)Oc2cc(C(F)(F)F)c(C(=O)OC)cc21.COC(=O)c1cc2c(cc1C(F)(F)F)OC(C)(C)C(=O)C2. The van der Waals surface area contributed by atoms with Crippen LogP contribution in [-0.2, 0) is 37.8 Å². The van der Waals surface area contributed by atoms with Gasteiger partial charge in [-0.15, -0.1) is 6.58 Å². The molecule has 2 aliphatic heterocycles. The fourth-order valence-corrected chi connectivity index (χ4v) is 4.66. The second-order valence-corrected chi connectivity index (χ2v) is 11.2. The van der Waals surface area contributed by atoms with Crippen LogP contribution in [0.3, 0.4) is 0 Å². The van der Waals surface area contributed by atoms with E-state index in [9.17, 15) is 45.5 Å². The van der Waals surface area contributed by atoms with Gasteiger partial charge < -0.3 is 23.8 Å². The molecule has 0 aromatic heterocycles. The summed E-state index contributed by atoms with van der Waals surface area (Å²) in [4.78, 5) is 49.1. The molecule has 0 spiro atoms. The van der Waals surface area contributed by atoms with Gasteiger partial charge in [-0.25, -0.2) is 9.59 Å². The van der Waals surface area contributed by atoms with Crippen LogP contribution in [0.1, 0.15) is 71.5 Å². The van der Waals surface area contributed by atoms with Crippen LogP contribution in [-0.4, -0.2) is 55.6 Å². The van der Waals surface area contributed by atoms with Crippen molar-refractivity contribution in [1.29, 1.82) is 0 Å². The maximum Gasteiger partial charge on any atom is 0.417 e. The number of amides is 1. The Kier molecular flexibility index (Phi) is 9.90. The second kappa shape index (κ2) is 12.7. The summed E-state index contributed by atoms with van der Waals surface area (Å²) in [5.41, 5.74) is -5.79. The van der Waals surface area contributed by atoms with Gasteiger partial charge in [0.2, 0.25) is 0 Å². The largest absolute Gasteiger partial charge is 0.480 e. The van der Waals surface area contributed by atoms with E-state index in [1.54, 1.807) is 6.08 Å². The molecular formula is C31H31F6NO8. The van der Waals surface area contributed by atoms with Crippen LogP contribution in [0.15, 0.2) is 36.9 Å². The molecule has 2 aromatic carbocycles. The Morgan fingerprint density at radius 3 is 1.80 bits per heavy atom. The molecule has 0 radical (unpaired) electrons. The number of nitrogens with zero attached hydrogens (tertiary/aromatic N) is 1. The number of esters is 2. The Hall–Kier alpha value is -4.56. The van der Waals surface area contributed by atoms with Crippen molar-refractivity contribution in [2.45, 2.75) is 64.1 Å². The second-order valence-electron chi connectivity index (χ2n) is 11.2. The zero-order valence-corrected chi connectivity index (χ0v) is 25.7. The quantitative estimate of drug-likeness (QED) is 0.208. The number of hydrogen-bond donors (Lipinski definition) is 0. The summed E-state index contributed by atoms with van der Waals surface area (Å²) in [5, 5.41) is 0. The van der Waals surface area contributed by atoms with Crippen molar-refractivity contribution in [2.24, 2.45) is 0 Å². The first kappa shape index (κ1) is 35.9. The summed E-state index contributed by atoms with van der Waals surface area (Å²) in [6.07, 6.45) is -7.59. The number of rotatable bonds is 5. The predicted octanol–water partition coefficient (Wildman–Crippen LogP) is 6.35. The number of ether oxygens (including phenoxy) is 4. The lowest BCUT2D eigenvalue weighted by Crippen LogP contribution is -2.52. The van der Waals surface area contributed by atoms with Crippen molar-refractivity contribution in [2.75, 3.05) is 25.7 Å². The molecule has 0 saturated carbocycles. The Labute approximate surface area is 260 Å². The molecule has 0 bridgehead atoms. The van der Waals surface area contributed by atoms with E-state index in [1.807, 2.05) is 0 Å². The van der Waals surface area contributed by atoms with Gasteiger partial charge in [0, 0.05) is 18.5 Å². The van der Waals surface area contributed by atoms with Crippen LogP contribution < -0.4 is 14.4 Å². The van der Waals surface area contributed by atoms with E-state index in [-0.39, 0.29) is 41.5 Å². The van der Waals surface area contributed by atoms with Gasteiger partial charge in [-0.2, -0.15) is 26.3 Å². The molecule has 250 valence electrons. The molecule has 2 heterocycles. The lowest BCUT2D eigenvalue weighted by Gasteiger charge is -2.39. The number of halogens is 6. The summed E-state index contributed by atoms with van der Waals surface area (Å²) in [5.74, 6) is -3.10. The summed E-state index contributed by atoms with van der Waals surface area (Å²) in [6, 6.07) is 3.48. The number of hydrogen-bond acceptors (Lipinski definition) is 8. The Morgan fingerprint density at radius 2 is 1.33 bits per heavy atom. The van der Waals surface area contributed by atoms with Crippen molar-refractivity contribution in [3.8, 4) is 11.5 Å². The minimum Gasteiger partial charge on any atom is -0.480 e. The smallest absolute Gasteiger partial charge is 0.417 e. The van der Waals surface area contributed by atoms with Gasteiger partial charge in [-0.3, -0.25) is 9.59 Å². The van der Waals surface area contributed by atoms with E-state index >= 15 is 0 Å². The van der Waals surface area contributed by atoms with Gasteiger partial charge >= 0.3 is 24.3 Å². The fraction of sp³-hybridized carbons (Fsp3) is 0.419. The molecule has 2 aromatic rings. The first-order valence-electron chi connectivity index (χ1n) is 13.6. The molecule has 46 heavy (non-hydrogen) atoms. The van der Waals surface area contributed by atoms with Crippen LogP contribution in [0.2, 0.25) is 0 Å². The maximum atomic E-state index is 13.3. The van der Waals surface area contributed by atoms with Gasteiger partial charge in [0.15, 0.2) is 17.0 Å². The van der Waals surface area contributed by atoms with E-state index in [4.69, 9.17) is 9.47 Å². The minimum absolute atomic E-state index is 0.0421. The number of methoxy groups -OCH3 is 2. The summed E-state index contributed by atoms with van der Waals surface area (Å²) in [7, 11) is 1.98. The number of alkyl halides is 6. The highest BCUT2D eigenvalue weighted by Gasteiger charge is 2.45. The molecule has 0 N–H and O–H groups in total. The van der Waals surface area contributed by atoms with Crippen LogP contribution in [0.4, 0.5) is 32.0 Å². The Balaban J connectivity index is 0.000000254. The van der Waals surface area contributed by atoms with Crippen LogP contribution in [0, 0.1) is 0 Å². The minimum atomic E-state index is -4.78. The third-order valence-corrected chi connectivity index (χ3v) is 7.08. The number of ketones is 1. The molecule has 2 aliphatic rings. The molecule has 0 unspecified atom stereocenters. The normalized spacial score (nSPS) is 16.5. The van der Waals surface area contributed by atoms with Crippen molar-refractivity contribution in [1.82, 2.24) is 0 Å². The average Bonchev–Trinajstić information content (AvgIpc) is 2.95. The number of Topliss-reactive ketones (excluding diaryl/α,β-unsaturated/α-hetero) is 1. The summed E-state index contributed by atoms with van der Waals surface area (Å²) < 4.78 is 98.8. The summed E-state index contributed by atoms with van der Waals surface area (Å²) in [6.45, 7) is 9.70. The van der Waals surface area contributed by atoms with E-state index in [1.165, 1.54) is 32.6 Å². The van der Waals surface area contributed by atoms with Crippen LogP contribution in [0.25, 0.3) is 0 Å². The fourth-order valence-electron chi connectivity index (χ4n) is 4.66. The topological polar surface area (TPSA) is 108 Å². The molecule has 1 amide bonds. The number of anilines is 1. The standard InChI is InChI=1S/C17H18F3NO4.C14H13F3O4/c1-5-6-7-21-12-8-10(14(22)24-4)11(17(18,19)20)9-13(12)25-16(2,3)15(21)23;1-13(2)11(18)5-7-4-8(12(19)20-3)9(14(15,16)17)6-10(7)21-13/h5,8-9H,1,6-7H2,2-4H3;4,6H,5H2,1-3H3. The maximum absolute atomic E-state index is 13.3. The first-order valence-corrected chi connectivity index (χ1v) is 13.6. The molecule has 4 rings (SSSR count). The highest BCUT2D eigenvalue weighted by atomic mass is 19.4. The molecular weight excluding hydrogens is 628 g/mol. The van der Waals surface area contributed by atoms with Crippen LogP contribution in [0.5, 0.6) is 11.5 Å². The lowest BCUT2D eigenvalue weighted by atomic mass is 9.90. The zero-order chi connectivity index (χ0) is 35.0. The van der Waals surface area contributed by atoms with E-state index in [0.717, 1.165) is 38.5 Å². The van der Waals surface area contributed by atoms with Crippen molar-refractivity contribution in [3.05, 3.63) is 64.7 Å². The van der Waals surface area contributed by atoms with E-state index in [2.05, 4.69) is 16.1 Å². The average molecular weight is 660 g/mol. The van der Waals surface area contributed by atoms with Gasteiger partial charge in [-0.05, 0) is 58.4 Å². The Morgan fingerprint density at radius 1 is 0.848 bits per heavy atom. The van der Waals surface area contributed by atoms with E-state index in [0.29, 0.717) is 6.42 Å². The molecule has 9 nitrogen and oxygen atoms in total. The predicted molar refractivity (Wildman–Crippen MR) is 151 cm³/mol. The monoisotopic (exact) mass is 659 g/mol. The molecule has 15 heteroatoms. The van der Waals surface area contributed by atoms with Gasteiger partial charge in [0.05, 0.1) is 42.2 Å². The molecule has 0 saturated heterocycles. The highest BCUT2D eigenvalue weighted by Crippen LogP contribution is 2.44.